The zero-order valence-electron chi connectivity index (χ0n) is 17.5. The Kier molecular flexibility index (Phi) is 4.11. The van der Waals surface area contributed by atoms with Crippen LogP contribution >= 0.6 is 11.6 Å². The largest absolute Gasteiger partial charge is 0.372 e. The maximum atomic E-state index is 13.3. The number of nitrogens with one attached hydrogen (secondary N) is 2. The maximum absolute atomic E-state index is 13.3. The SMILES string of the molecule is C[C@@H]1CN2c3c(cc4c(-n5cncn5)noc4c3Cl)CC3(C(=O)NC(=O)NC3=O)[C@H]2[C@H](C)O1. The zero-order valence-corrected chi connectivity index (χ0v) is 18.3. The Bertz CT molecular complexity index is 1320. The second-order valence-electron chi connectivity index (χ2n) is 8.56. The molecule has 3 aliphatic rings. The smallest absolute Gasteiger partial charge is 0.328 e. The first kappa shape index (κ1) is 20.1. The molecule has 2 N–H and O–H groups in total. The van der Waals surface area contributed by atoms with Crippen LogP contribution in [-0.4, -0.2) is 62.6 Å². The predicted octanol–water partition coefficient (Wildman–Crippen LogP) is 0.953. The van der Waals surface area contributed by atoms with Crippen molar-refractivity contribution in [1.29, 1.82) is 0 Å². The summed E-state index contributed by atoms with van der Waals surface area (Å²) in [5, 5.41) is 13.6. The molecule has 13 heteroatoms. The molecular formula is C20H18ClN7O5. The minimum Gasteiger partial charge on any atom is -0.372 e. The second-order valence-corrected chi connectivity index (χ2v) is 8.93. The van der Waals surface area contributed by atoms with Crippen LogP contribution < -0.4 is 15.5 Å². The van der Waals surface area contributed by atoms with Crippen molar-refractivity contribution in [1.82, 2.24) is 30.6 Å². The zero-order chi connectivity index (χ0) is 23.1. The van der Waals surface area contributed by atoms with Gasteiger partial charge in [0.15, 0.2) is 11.0 Å². The van der Waals surface area contributed by atoms with Crippen LogP contribution in [0, 0.1) is 5.41 Å². The van der Waals surface area contributed by atoms with Gasteiger partial charge < -0.3 is 14.2 Å². The van der Waals surface area contributed by atoms with Crippen molar-refractivity contribution in [2.24, 2.45) is 5.41 Å². The van der Waals surface area contributed by atoms with Gasteiger partial charge >= 0.3 is 6.03 Å². The summed E-state index contributed by atoms with van der Waals surface area (Å²) >= 11 is 6.86. The van der Waals surface area contributed by atoms with Crippen LogP contribution in [-0.2, 0) is 20.7 Å². The number of carbonyl (C=O) groups excluding carboxylic acids is 3. The lowest BCUT2D eigenvalue weighted by atomic mass is 9.66. The first-order valence-corrected chi connectivity index (χ1v) is 10.7. The van der Waals surface area contributed by atoms with Gasteiger partial charge in [-0.1, -0.05) is 16.8 Å². The molecule has 3 aliphatic heterocycles. The molecule has 1 aromatic carbocycles. The van der Waals surface area contributed by atoms with Gasteiger partial charge in [0.1, 0.15) is 17.7 Å². The van der Waals surface area contributed by atoms with Gasteiger partial charge in [-0.05, 0) is 31.9 Å². The summed E-state index contributed by atoms with van der Waals surface area (Å²) in [6, 6.07) is 0.262. The molecule has 12 nitrogen and oxygen atoms in total. The lowest BCUT2D eigenvalue weighted by Gasteiger charge is -2.55. The van der Waals surface area contributed by atoms with E-state index < -0.39 is 35.4 Å². The van der Waals surface area contributed by atoms with Crippen LogP contribution in [0.5, 0.6) is 0 Å². The number of benzene rings is 1. The Morgan fingerprint density at radius 3 is 2.67 bits per heavy atom. The van der Waals surface area contributed by atoms with Crippen molar-refractivity contribution >= 4 is 46.1 Å². The van der Waals surface area contributed by atoms with Gasteiger partial charge in [-0.2, -0.15) is 9.78 Å². The summed E-state index contributed by atoms with van der Waals surface area (Å²) in [6.45, 7) is 4.09. The van der Waals surface area contributed by atoms with Crippen molar-refractivity contribution in [2.45, 2.75) is 38.5 Å². The third kappa shape index (κ3) is 2.61. The normalized spacial score (nSPS) is 26.2. The van der Waals surface area contributed by atoms with Crippen molar-refractivity contribution in [3.63, 3.8) is 0 Å². The number of morpholine rings is 1. The van der Waals surface area contributed by atoms with Crippen LogP contribution in [0.3, 0.4) is 0 Å². The highest BCUT2D eigenvalue weighted by Crippen LogP contribution is 2.51. The van der Waals surface area contributed by atoms with E-state index in [1.54, 1.807) is 13.0 Å². The molecule has 5 heterocycles. The van der Waals surface area contributed by atoms with E-state index in [4.69, 9.17) is 20.9 Å². The van der Waals surface area contributed by atoms with E-state index in [2.05, 4.69) is 25.9 Å². The van der Waals surface area contributed by atoms with Crippen LogP contribution in [0.25, 0.3) is 16.8 Å². The summed E-state index contributed by atoms with van der Waals surface area (Å²) in [6.07, 6.45) is 2.15. The summed E-state index contributed by atoms with van der Waals surface area (Å²) in [4.78, 5) is 44.3. The standard InChI is InChI=1S/C20H18ClN7O5/c1-8-5-27-13-10(3-11-14(12(13)21)33-26-16(11)28-7-22-6-23-28)4-20(15(27)9(2)32-8)17(29)24-19(31)25-18(20)30/h3,6-9,15H,4-5H2,1-2H3,(H2,24,25,29,30,31)/t8-,9+,15-/m1/s1. The number of hydrogen-bond acceptors (Lipinski definition) is 9. The molecule has 170 valence electrons. The van der Waals surface area contributed by atoms with E-state index in [9.17, 15) is 14.4 Å². The Morgan fingerprint density at radius 1 is 1.21 bits per heavy atom. The van der Waals surface area contributed by atoms with Gasteiger partial charge in [0.2, 0.25) is 17.6 Å². The second kappa shape index (κ2) is 6.75. The quantitative estimate of drug-likeness (QED) is 0.495. The van der Waals surface area contributed by atoms with E-state index >= 15 is 0 Å². The Labute approximate surface area is 191 Å². The molecular weight excluding hydrogens is 454 g/mol. The van der Waals surface area contributed by atoms with Gasteiger partial charge in [0.05, 0.1) is 29.3 Å². The number of nitrogens with zero attached hydrogens (tertiary/aromatic N) is 5. The Hall–Kier alpha value is -3.51. The number of fused-ring (bicyclic) bond motifs is 5. The number of halogens is 1. The summed E-state index contributed by atoms with van der Waals surface area (Å²) < 4.78 is 13.0. The molecule has 0 aliphatic carbocycles. The number of ether oxygens (including phenoxy) is 1. The van der Waals surface area contributed by atoms with Crippen molar-refractivity contribution < 1.29 is 23.6 Å². The van der Waals surface area contributed by atoms with Crippen LogP contribution in [0.4, 0.5) is 10.5 Å². The molecule has 4 amide bonds. The fraction of sp³-hybridized carbons (Fsp3) is 0.400. The fourth-order valence-electron chi connectivity index (χ4n) is 5.42. The van der Waals surface area contributed by atoms with Gasteiger partial charge in [0.25, 0.3) is 0 Å². The number of barbiturate groups is 1. The molecule has 0 radical (unpaired) electrons. The molecule has 3 aromatic rings. The van der Waals surface area contributed by atoms with E-state index in [-0.39, 0.29) is 12.5 Å². The summed E-state index contributed by atoms with van der Waals surface area (Å²) in [5.74, 6) is -0.959. The van der Waals surface area contributed by atoms with Crippen molar-refractivity contribution in [2.75, 3.05) is 11.4 Å². The third-order valence-corrected chi connectivity index (χ3v) is 6.93. The number of rotatable bonds is 1. The van der Waals surface area contributed by atoms with Crippen LogP contribution in [0.15, 0.2) is 23.2 Å². The monoisotopic (exact) mass is 471 g/mol. The molecule has 3 atom stereocenters. The summed E-state index contributed by atoms with van der Waals surface area (Å²) in [5.41, 5.74) is 0.0622. The number of urea groups is 1. The average molecular weight is 472 g/mol. The number of imide groups is 2. The van der Waals surface area contributed by atoms with Gasteiger partial charge in [-0.25, -0.2) is 9.78 Å². The molecule has 0 unspecified atom stereocenters. The van der Waals surface area contributed by atoms with Crippen LogP contribution in [0.1, 0.15) is 19.4 Å². The molecule has 33 heavy (non-hydrogen) atoms. The molecule has 2 fully saturated rings. The van der Waals surface area contributed by atoms with E-state index in [1.165, 1.54) is 17.3 Å². The van der Waals surface area contributed by atoms with Crippen molar-refractivity contribution in [3.05, 3.63) is 29.3 Å². The van der Waals surface area contributed by atoms with E-state index in [0.29, 0.717) is 39.6 Å². The molecule has 6 rings (SSSR count). The number of carbonyl (C=O) groups is 3. The van der Waals surface area contributed by atoms with Crippen molar-refractivity contribution in [3.8, 4) is 5.82 Å². The minimum absolute atomic E-state index is 0.00810. The van der Waals surface area contributed by atoms with Gasteiger partial charge in [0, 0.05) is 6.54 Å². The molecule has 1 spiro atoms. The molecule has 2 aromatic heterocycles. The Morgan fingerprint density at radius 2 is 1.97 bits per heavy atom. The number of hydrogen-bond donors (Lipinski definition) is 2. The van der Waals surface area contributed by atoms with E-state index in [0.717, 1.165) is 0 Å². The number of amides is 4. The average Bonchev–Trinajstić information content (AvgIpc) is 3.41. The maximum Gasteiger partial charge on any atom is 0.328 e. The third-order valence-electron chi connectivity index (χ3n) is 6.58. The predicted molar refractivity (Wildman–Crippen MR) is 113 cm³/mol. The van der Waals surface area contributed by atoms with E-state index in [1.807, 2.05) is 11.8 Å². The Balaban J connectivity index is 1.61. The lowest BCUT2D eigenvalue weighted by Crippen LogP contribution is -2.75. The highest BCUT2D eigenvalue weighted by molar-refractivity contribution is 6.38. The molecule has 2 saturated heterocycles. The number of aromatic nitrogens is 4. The first-order valence-electron chi connectivity index (χ1n) is 10.4. The topological polar surface area (TPSA) is 144 Å². The van der Waals surface area contributed by atoms with Crippen LogP contribution in [0.2, 0.25) is 5.02 Å². The summed E-state index contributed by atoms with van der Waals surface area (Å²) in [7, 11) is 0. The number of anilines is 1. The first-order chi connectivity index (χ1) is 15.8. The van der Waals surface area contributed by atoms with Gasteiger partial charge in [-0.3, -0.25) is 20.2 Å². The lowest BCUT2D eigenvalue weighted by molar-refractivity contribution is -0.153. The highest BCUT2D eigenvalue weighted by atomic mass is 35.5. The molecule has 0 bridgehead atoms. The minimum atomic E-state index is -1.60. The fourth-order valence-corrected chi connectivity index (χ4v) is 5.79. The van der Waals surface area contributed by atoms with Gasteiger partial charge in [-0.15, -0.1) is 0 Å². The highest BCUT2D eigenvalue weighted by Gasteiger charge is 2.63. The molecule has 0 saturated carbocycles.